The predicted octanol–water partition coefficient (Wildman–Crippen LogP) is 6.98. The Morgan fingerprint density at radius 1 is 0.500 bits per heavy atom. The first kappa shape index (κ1) is 14.6. The van der Waals surface area contributed by atoms with E-state index in [2.05, 4.69) is 97.9 Å². The maximum Gasteiger partial charge on any atom is 0.0726 e. The molecule has 0 amide bonds. The van der Waals surface area contributed by atoms with E-state index in [9.17, 15) is 0 Å². The van der Waals surface area contributed by atoms with Gasteiger partial charge in [-0.25, -0.2) is 0 Å². The van der Waals surface area contributed by atoms with Crippen molar-refractivity contribution in [2.24, 2.45) is 0 Å². The first-order valence-corrected chi connectivity index (χ1v) is 9.97. The lowest BCUT2D eigenvalue weighted by Gasteiger charge is -2.30. The molecule has 0 aromatic heterocycles. The minimum atomic E-state index is -0.208. The first-order chi connectivity index (χ1) is 13.8. The molecule has 0 saturated heterocycles. The summed E-state index contributed by atoms with van der Waals surface area (Å²) < 4.78 is 0. The molecule has 5 aromatic rings. The lowest BCUT2D eigenvalue weighted by molar-refractivity contribution is 0.796. The van der Waals surface area contributed by atoms with E-state index in [1.165, 1.54) is 60.5 Å². The monoisotopic (exact) mass is 354 g/mol. The summed E-state index contributed by atoms with van der Waals surface area (Å²) in [6.07, 6.45) is 0. The molecule has 0 heterocycles. The van der Waals surface area contributed by atoms with Gasteiger partial charge in [-0.05, 0) is 67.4 Å². The highest BCUT2D eigenvalue weighted by Crippen LogP contribution is 2.62. The van der Waals surface area contributed by atoms with Crippen LogP contribution in [0.3, 0.4) is 0 Å². The van der Waals surface area contributed by atoms with E-state index < -0.39 is 0 Å². The highest BCUT2D eigenvalue weighted by molar-refractivity contribution is 6.17. The Hall–Kier alpha value is -3.38. The quantitative estimate of drug-likeness (QED) is 0.258. The van der Waals surface area contributed by atoms with Gasteiger partial charge in [0.15, 0.2) is 0 Å². The molecule has 0 nitrogen and oxygen atoms in total. The van der Waals surface area contributed by atoms with E-state index in [1.54, 1.807) is 0 Å². The molecule has 0 heteroatoms. The van der Waals surface area contributed by atoms with Crippen LogP contribution in [0.2, 0.25) is 0 Å². The largest absolute Gasteiger partial charge is 0.0726 e. The van der Waals surface area contributed by atoms with Crippen molar-refractivity contribution in [2.75, 3.05) is 0 Å². The summed E-state index contributed by atoms with van der Waals surface area (Å²) in [6, 6.07) is 34.1. The van der Waals surface area contributed by atoms with E-state index in [0.717, 1.165) is 0 Å². The van der Waals surface area contributed by atoms with Crippen LogP contribution in [0.5, 0.6) is 0 Å². The molecule has 0 atom stereocenters. The van der Waals surface area contributed by atoms with Crippen molar-refractivity contribution >= 4 is 21.5 Å². The third kappa shape index (κ3) is 1.41. The second kappa shape index (κ2) is 4.72. The van der Waals surface area contributed by atoms with Crippen LogP contribution in [0.4, 0.5) is 0 Å². The normalized spacial score (nSPS) is 14.9. The summed E-state index contributed by atoms with van der Waals surface area (Å²) in [7, 11) is 0. The molecule has 130 valence electrons. The van der Waals surface area contributed by atoms with Crippen LogP contribution in [-0.4, -0.2) is 0 Å². The van der Waals surface area contributed by atoms with Gasteiger partial charge in [-0.1, -0.05) is 91.0 Å². The SMILES string of the molecule is Cc1cccc2c1-c1ccccc1C21c2cccc3ccc4cccc1c4c23. The zero-order valence-corrected chi connectivity index (χ0v) is 15.7. The summed E-state index contributed by atoms with van der Waals surface area (Å²) in [5.41, 5.74) is 9.69. The number of aryl methyl sites for hydroxylation is 1. The second-order valence-electron chi connectivity index (χ2n) is 8.17. The van der Waals surface area contributed by atoms with Crippen molar-refractivity contribution in [2.45, 2.75) is 12.3 Å². The predicted molar refractivity (Wildman–Crippen MR) is 117 cm³/mol. The highest BCUT2D eigenvalue weighted by atomic mass is 14.5. The molecule has 0 fully saturated rings. The van der Waals surface area contributed by atoms with E-state index in [-0.39, 0.29) is 5.41 Å². The zero-order chi connectivity index (χ0) is 18.5. The van der Waals surface area contributed by atoms with Crippen LogP contribution in [0.1, 0.15) is 27.8 Å². The zero-order valence-electron chi connectivity index (χ0n) is 15.7. The lowest BCUT2D eigenvalue weighted by Crippen LogP contribution is -2.26. The molecule has 2 aliphatic carbocycles. The van der Waals surface area contributed by atoms with E-state index in [4.69, 9.17) is 0 Å². The van der Waals surface area contributed by atoms with Gasteiger partial charge in [-0.15, -0.1) is 0 Å². The average Bonchev–Trinajstić information content (AvgIpc) is 3.21. The average molecular weight is 354 g/mol. The molecular weight excluding hydrogens is 336 g/mol. The maximum absolute atomic E-state index is 2.36. The molecule has 7 rings (SSSR count). The molecule has 1 spiro atoms. The van der Waals surface area contributed by atoms with Gasteiger partial charge in [0, 0.05) is 0 Å². The summed E-state index contributed by atoms with van der Waals surface area (Å²) >= 11 is 0. The molecule has 2 aliphatic rings. The number of hydrogen-bond donors (Lipinski definition) is 0. The van der Waals surface area contributed by atoms with Crippen LogP contribution in [-0.2, 0) is 5.41 Å². The molecule has 0 unspecified atom stereocenters. The van der Waals surface area contributed by atoms with Gasteiger partial charge in [-0.2, -0.15) is 0 Å². The number of benzene rings is 5. The van der Waals surface area contributed by atoms with Crippen molar-refractivity contribution in [1.82, 2.24) is 0 Å². The van der Waals surface area contributed by atoms with Crippen LogP contribution < -0.4 is 0 Å². The molecular formula is C28H18. The Morgan fingerprint density at radius 3 is 1.79 bits per heavy atom. The molecule has 0 bridgehead atoms. The number of fused-ring (bicyclic) bond motifs is 7. The summed E-state index contributed by atoms with van der Waals surface area (Å²) in [4.78, 5) is 0. The van der Waals surface area contributed by atoms with E-state index in [0.29, 0.717) is 0 Å². The Labute approximate surface area is 164 Å². The van der Waals surface area contributed by atoms with Gasteiger partial charge in [0.25, 0.3) is 0 Å². The summed E-state index contributed by atoms with van der Waals surface area (Å²) in [5.74, 6) is 0. The Bertz CT molecular complexity index is 1410. The molecule has 5 aromatic carbocycles. The molecule has 0 aliphatic heterocycles. The lowest BCUT2D eigenvalue weighted by atomic mass is 9.70. The minimum absolute atomic E-state index is 0.208. The van der Waals surface area contributed by atoms with Gasteiger partial charge in [0.2, 0.25) is 0 Å². The van der Waals surface area contributed by atoms with E-state index >= 15 is 0 Å². The summed E-state index contributed by atoms with van der Waals surface area (Å²) in [6.45, 7) is 2.25. The van der Waals surface area contributed by atoms with Gasteiger partial charge in [0.1, 0.15) is 0 Å². The second-order valence-corrected chi connectivity index (χ2v) is 8.17. The summed E-state index contributed by atoms with van der Waals surface area (Å²) in [5, 5.41) is 5.54. The van der Waals surface area contributed by atoms with Gasteiger partial charge in [0.05, 0.1) is 5.41 Å². The fraction of sp³-hybridized carbons (Fsp3) is 0.0714. The van der Waals surface area contributed by atoms with Crippen LogP contribution in [0.15, 0.2) is 91.0 Å². The van der Waals surface area contributed by atoms with Gasteiger partial charge < -0.3 is 0 Å². The standard InChI is InChI=1S/C28H18/c1-17-7-4-12-22-25(17)20-10-2-3-11-21(20)28(22)23-13-5-8-18-15-16-19-9-6-14-24(28)27(19)26(18)23/h2-16H,1H3. The first-order valence-electron chi connectivity index (χ1n) is 9.97. The van der Waals surface area contributed by atoms with Crippen LogP contribution >= 0.6 is 0 Å². The number of rotatable bonds is 0. The fourth-order valence-corrected chi connectivity index (χ4v) is 6.02. The van der Waals surface area contributed by atoms with Crippen molar-refractivity contribution < 1.29 is 0 Å². The van der Waals surface area contributed by atoms with Gasteiger partial charge >= 0.3 is 0 Å². The molecule has 0 radical (unpaired) electrons. The Balaban J connectivity index is 1.81. The molecule has 28 heavy (non-hydrogen) atoms. The molecule has 0 N–H and O–H groups in total. The van der Waals surface area contributed by atoms with Crippen LogP contribution in [0.25, 0.3) is 32.7 Å². The molecule has 0 saturated carbocycles. The van der Waals surface area contributed by atoms with Crippen molar-refractivity contribution in [3.63, 3.8) is 0 Å². The van der Waals surface area contributed by atoms with E-state index in [1.807, 2.05) is 0 Å². The third-order valence-electron chi connectivity index (χ3n) is 6.97. The van der Waals surface area contributed by atoms with Crippen molar-refractivity contribution in [1.29, 1.82) is 0 Å². The highest BCUT2D eigenvalue weighted by Gasteiger charge is 2.50. The topological polar surface area (TPSA) is 0 Å². The Kier molecular flexibility index (Phi) is 2.47. The minimum Gasteiger partial charge on any atom is -0.0619 e. The third-order valence-corrected chi connectivity index (χ3v) is 6.97. The van der Waals surface area contributed by atoms with Crippen molar-refractivity contribution in [3.05, 3.63) is 119 Å². The van der Waals surface area contributed by atoms with Crippen molar-refractivity contribution in [3.8, 4) is 11.1 Å². The number of hydrogen-bond acceptors (Lipinski definition) is 0. The smallest absolute Gasteiger partial charge is 0.0619 e. The fourth-order valence-electron chi connectivity index (χ4n) is 6.02. The van der Waals surface area contributed by atoms with Gasteiger partial charge in [-0.3, -0.25) is 0 Å². The maximum atomic E-state index is 2.36. The van der Waals surface area contributed by atoms with Crippen LogP contribution in [0, 0.1) is 6.92 Å². The Morgan fingerprint density at radius 2 is 1.07 bits per heavy atom.